The van der Waals surface area contributed by atoms with Crippen molar-refractivity contribution in [1.82, 2.24) is 19.7 Å². The predicted octanol–water partition coefficient (Wildman–Crippen LogP) is 5.67. The number of nitrogens with one attached hydrogen (secondary N) is 1. The molecule has 1 fully saturated rings. The Morgan fingerprint density at radius 2 is 2.19 bits per heavy atom. The van der Waals surface area contributed by atoms with Gasteiger partial charge in [-0.05, 0) is 56.0 Å². The lowest BCUT2D eigenvalue weighted by atomic mass is 10.0. The second kappa shape index (κ2) is 10.3. The van der Waals surface area contributed by atoms with Crippen LogP contribution in [0.3, 0.4) is 0 Å². The molecule has 10 heteroatoms. The number of hydrogen-bond acceptors (Lipinski definition) is 5. The van der Waals surface area contributed by atoms with Gasteiger partial charge in [0, 0.05) is 31.9 Å². The Morgan fingerprint density at radius 3 is 2.86 bits per heavy atom. The summed E-state index contributed by atoms with van der Waals surface area (Å²) in [4.78, 5) is 10.8. The fourth-order valence-corrected chi connectivity index (χ4v) is 4.43. The van der Waals surface area contributed by atoms with E-state index in [9.17, 15) is 18.4 Å². The Kier molecular flexibility index (Phi) is 7.20. The molecule has 3 heterocycles. The molecule has 1 aromatic carbocycles. The van der Waals surface area contributed by atoms with Crippen LogP contribution in [0, 0.1) is 17.2 Å². The SMILES string of the molecule is C=CC=NC(=CC)N1CCC(CCOc2ccc(-c3cc4c([nH]n4C)c(C#N)n3)cc2C(F)(F)F)C1. The van der Waals surface area contributed by atoms with E-state index in [1.54, 1.807) is 36.2 Å². The first-order chi connectivity index (χ1) is 17.2. The molecule has 3 aromatic rings. The summed E-state index contributed by atoms with van der Waals surface area (Å²) < 4.78 is 49.0. The van der Waals surface area contributed by atoms with E-state index in [0.717, 1.165) is 31.4 Å². The van der Waals surface area contributed by atoms with E-state index < -0.39 is 11.7 Å². The van der Waals surface area contributed by atoms with Crippen LogP contribution in [0.1, 0.15) is 31.0 Å². The quantitative estimate of drug-likeness (QED) is 0.408. The van der Waals surface area contributed by atoms with Crippen molar-refractivity contribution in [3.63, 3.8) is 0 Å². The number of hydrogen-bond donors (Lipinski definition) is 1. The van der Waals surface area contributed by atoms with Gasteiger partial charge < -0.3 is 9.64 Å². The highest BCUT2D eigenvalue weighted by Crippen LogP contribution is 2.39. The van der Waals surface area contributed by atoms with Crippen molar-refractivity contribution in [3.05, 3.63) is 60.1 Å². The van der Waals surface area contributed by atoms with Gasteiger partial charge in [-0.1, -0.05) is 12.7 Å². The van der Waals surface area contributed by atoms with E-state index in [4.69, 9.17) is 4.74 Å². The van der Waals surface area contributed by atoms with Gasteiger partial charge in [0.05, 0.1) is 23.4 Å². The molecular weight excluding hydrogens is 469 g/mol. The number of allylic oxidation sites excluding steroid dienone is 2. The summed E-state index contributed by atoms with van der Waals surface area (Å²) in [6.07, 6.45) is 2.14. The van der Waals surface area contributed by atoms with E-state index in [2.05, 4.69) is 26.6 Å². The molecule has 188 valence electrons. The van der Waals surface area contributed by atoms with Crippen molar-refractivity contribution in [1.29, 1.82) is 5.26 Å². The number of aromatic amines is 1. The molecule has 0 amide bonds. The van der Waals surface area contributed by atoms with Crippen molar-refractivity contribution in [2.24, 2.45) is 18.0 Å². The van der Waals surface area contributed by atoms with Gasteiger partial charge in [0.15, 0.2) is 5.69 Å². The minimum absolute atomic E-state index is 0.136. The highest BCUT2D eigenvalue weighted by atomic mass is 19.4. The Bertz CT molecular complexity index is 1360. The lowest BCUT2D eigenvalue weighted by Crippen LogP contribution is -2.20. The molecule has 0 saturated carbocycles. The van der Waals surface area contributed by atoms with Crippen LogP contribution < -0.4 is 4.74 Å². The van der Waals surface area contributed by atoms with Crippen molar-refractivity contribution >= 4 is 17.2 Å². The maximum atomic E-state index is 13.9. The topological polar surface area (TPSA) is 82.2 Å². The van der Waals surface area contributed by atoms with E-state index in [-0.39, 0.29) is 23.6 Å². The Labute approximate surface area is 207 Å². The molecule has 36 heavy (non-hydrogen) atoms. The van der Waals surface area contributed by atoms with Crippen LogP contribution in [0.4, 0.5) is 13.2 Å². The molecule has 0 aliphatic carbocycles. The van der Waals surface area contributed by atoms with Gasteiger partial charge in [-0.2, -0.15) is 18.4 Å². The molecule has 1 atom stereocenters. The minimum atomic E-state index is -4.60. The lowest BCUT2D eigenvalue weighted by Gasteiger charge is -2.19. The standard InChI is InChI=1S/C26H27F3N6O/c1-4-10-31-24(5-2)35-11-8-17(16-35)9-12-36-23-7-6-18(13-19(23)26(27,28)29)20-14-22-25(33-34(22)3)21(15-30)32-20/h4-7,10,13-14,17,33H,1,8-9,11-12,16H2,2-3H3. The molecule has 4 rings (SSSR count). The zero-order chi connectivity index (χ0) is 25.9. The molecule has 0 radical (unpaired) electrons. The average molecular weight is 497 g/mol. The number of benzene rings is 1. The van der Waals surface area contributed by atoms with E-state index >= 15 is 0 Å². The summed E-state index contributed by atoms with van der Waals surface area (Å²) in [5.41, 5.74) is 1.10. The Hall–Kier alpha value is -4.00. The number of pyridine rings is 1. The maximum absolute atomic E-state index is 13.9. The maximum Gasteiger partial charge on any atom is 0.419 e. The smallest absolute Gasteiger partial charge is 0.419 e. The van der Waals surface area contributed by atoms with E-state index in [0.29, 0.717) is 29.1 Å². The van der Waals surface area contributed by atoms with Gasteiger partial charge in [0.2, 0.25) is 0 Å². The van der Waals surface area contributed by atoms with Crippen molar-refractivity contribution in [3.8, 4) is 23.1 Å². The fraction of sp³-hybridized carbons (Fsp3) is 0.346. The predicted molar refractivity (Wildman–Crippen MR) is 132 cm³/mol. The molecule has 1 aliphatic heterocycles. The molecule has 1 aliphatic rings. The first-order valence-corrected chi connectivity index (χ1v) is 11.6. The third kappa shape index (κ3) is 5.15. The second-order valence-corrected chi connectivity index (χ2v) is 8.64. The van der Waals surface area contributed by atoms with Gasteiger partial charge in [-0.15, -0.1) is 0 Å². The first-order valence-electron chi connectivity index (χ1n) is 11.6. The summed E-state index contributed by atoms with van der Waals surface area (Å²) in [7, 11) is 1.75. The highest BCUT2D eigenvalue weighted by molar-refractivity contribution is 5.85. The molecule has 7 nitrogen and oxygen atoms in total. The average Bonchev–Trinajstić information content (AvgIpc) is 3.32. The molecule has 0 spiro atoms. The number of ether oxygens (including phenoxy) is 1. The largest absolute Gasteiger partial charge is 0.493 e. The number of fused-ring (bicyclic) bond motifs is 1. The molecule has 1 N–H and O–H groups in total. The lowest BCUT2D eigenvalue weighted by molar-refractivity contribution is -0.138. The summed E-state index contributed by atoms with van der Waals surface area (Å²) in [6.45, 7) is 7.34. The summed E-state index contributed by atoms with van der Waals surface area (Å²) >= 11 is 0. The monoisotopic (exact) mass is 496 g/mol. The number of nitrogens with zero attached hydrogens (tertiary/aromatic N) is 5. The minimum Gasteiger partial charge on any atom is -0.493 e. The summed E-state index contributed by atoms with van der Waals surface area (Å²) in [5.74, 6) is 0.947. The number of rotatable bonds is 8. The molecule has 1 unspecified atom stereocenters. The van der Waals surface area contributed by atoms with Crippen LogP contribution in [0.25, 0.3) is 22.3 Å². The Balaban J connectivity index is 1.47. The zero-order valence-electron chi connectivity index (χ0n) is 20.1. The van der Waals surface area contributed by atoms with Crippen molar-refractivity contribution in [2.45, 2.75) is 25.9 Å². The number of aromatic nitrogens is 3. The fourth-order valence-electron chi connectivity index (χ4n) is 4.43. The van der Waals surface area contributed by atoms with Crippen LogP contribution >= 0.6 is 0 Å². The van der Waals surface area contributed by atoms with Gasteiger partial charge in [-0.3, -0.25) is 9.78 Å². The number of nitriles is 1. The van der Waals surface area contributed by atoms with Crippen molar-refractivity contribution < 1.29 is 17.9 Å². The number of likely N-dealkylation sites (tertiary alicyclic amines) is 1. The summed E-state index contributed by atoms with van der Waals surface area (Å²) in [5, 5.41) is 12.3. The van der Waals surface area contributed by atoms with Gasteiger partial charge >= 0.3 is 6.18 Å². The van der Waals surface area contributed by atoms with E-state index in [1.807, 2.05) is 19.1 Å². The van der Waals surface area contributed by atoms with E-state index in [1.165, 1.54) is 6.07 Å². The van der Waals surface area contributed by atoms with Crippen LogP contribution in [0.5, 0.6) is 5.75 Å². The highest BCUT2D eigenvalue weighted by Gasteiger charge is 2.35. The van der Waals surface area contributed by atoms with Crippen LogP contribution in [0.15, 0.2) is 53.8 Å². The van der Waals surface area contributed by atoms with Gasteiger partial charge in [0.25, 0.3) is 0 Å². The molecule has 1 saturated heterocycles. The molecule has 0 bridgehead atoms. The van der Waals surface area contributed by atoms with Gasteiger partial charge in [0.1, 0.15) is 23.2 Å². The first kappa shape index (κ1) is 25.1. The third-order valence-electron chi connectivity index (χ3n) is 6.29. The number of aryl methyl sites for hydroxylation is 1. The summed E-state index contributed by atoms with van der Waals surface area (Å²) in [6, 6.07) is 7.55. The number of H-pyrrole nitrogens is 1. The van der Waals surface area contributed by atoms with Crippen LogP contribution in [-0.4, -0.2) is 45.6 Å². The molecular formula is C26H27F3N6O. The van der Waals surface area contributed by atoms with Gasteiger partial charge in [-0.25, -0.2) is 9.98 Å². The van der Waals surface area contributed by atoms with Crippen molar-refractivity contribution in [2.75, 3.05) is 19.7 Å². The molecule has 2 aromatic heterocycles. The number of halogens is 3. The normalized spacial score (nSPS) is 16.7. The number of alkyl halides is 3. The van der Waals surface area contributed by atoms with Crippen LogP contribution in [0.2, 0.25) is 0 Å². The third-order valence-corrected chi connectivity index (χ3v) is 6.29. The number of aliphatic imine (C=N–C) groups is 1. The zero-order valence-corrected chi connectivity index (χ0v) is 20.1. The second-order valence-electron chi connectivity index (χ2n) is 8.64. The van der Waals surface area contributed by atoms with Crippen LogP contribution in [-0.2, 0) is 13.2 Å². The Morgan fingerprint density at radius 1 is 1.39 bits per heavy atom.